The molecule has 4 heteroatoms. The van der Waals surface area contributed by atoms with Crippen molar-refractivity contribution in [2.45, 2.75) is 12.5 Å². The molecule has 1 atom stereocenters. The zero-order chi connectivity index (χ0) is 13.4. The monoisotopic (exact) mass is 293 g/mol. The molecule has 19 heavy (non-hydrogen) atoms. The highest BCUT2D eigenvalue weighted by atomic mass is 35.5. The molecule has 0 fully saturated rings. The van der Waals surface area contributed by atoms with Crippen LogP contribution in [0.3, 0.4) is 0 Å². The van der Waals surface area contributed by atoms with Crippen molar-refractivity contribution in [3.05, 3.63) is 57.6 Å². The summed E-state index contributed by atoms with van der Waals surface area (Å²) in [5.74, 6) is 0.839. The molecule has 1 N–H and O–H groups in total. The van der Waals surface area contributed by atoms with E-state index in [-0.39, 0.29) is 6.04 Å². The zero-order valence-electron chi connectivity index (χ0n) is 10.4. The molecular formula is C15H13Cl2NO. The third-order valence-electron chi connectivity index (χ3n) is 3.41. The lowest BCUT2D eigenvalue weighted by atomic mass is 10.0. The molecule has 0 radical (unpaired) electrons. The van der Waals surface area contributed by atoms with E-state index in [1.54, 1.807) is 7.11 Å². The number of halogens is 2. The highest BCUT2D eigenvalue weighted by Crippen LogP contribution is 2.41. The van der Waals surface area contributed by atoms with Gasteiger partial charge in [-0.2, -0.15) is 0 Å². The number of benzene rings is 2. The molecule has 0 bridgehead atoms. The number of nitrogens with one attached hydrogen (secondary N) is 1. The van der Waals surface area contributed by atoms with E-state index >= 15 is 0 Å². The fourth-order valence-corrected chi connectivity index (χ4v) is 2.94. The van der Waals surface area contributed by atoms with Crippen molar-refractivity contribution < 1.29 is 4.74 Å². The first-order chi connectivity index (χ1) is 9.19. The van der Waals surface area contributed by atoms with Gasteiger partial charge in [0.2, 0.25) is 0 Å². The summed E-state index contributed by atoms with van der Waals surface area (Å²) >= 11 is 12.3. The van der Waals surface area contributed by atoms with Crippen LogP contribution in [0.15, 0.2) is 36.4 Å². The van der Waals surface area contributed by atoms with Gasteiger partial charge in [0.25, 0.3) is 0 Å². The summed E-state index contributed by atoms with van der Waals surface area (Å²) in [6, 6.07) is 11.8. The summed E-state index contributed by atoms with van der Waals surface area (Å²) in [4.78, 5) is 0. The molecule has 1 unspecified atom stereocenters. The summed E-state index contributed by atoms with van der Waals surface area (Å²) in [6.45, 7) is 0. The van der Waals surface area contributed by atoms with Gasteiger partial charge in [0.1, 0.15) is 5.75 Å². The lowest BCUT2D eigenvalue weighted by Gasteiger charge is -2.16. The number of hydrogen-bond acceptors (Lipinski definition) is 2. The maximum atomic E-state index is 6.21. The molecule has 3 rings (SSSR count). The fourth-order valence-electron chi connectivity index (χ4n) is 2.51. The number of methoxy groups -OCH3 is 1. The molecular weight excluding hydrogens is 281 g/mol. The first-order valence-corrected chi connectivity index (χ1v) is 6.82. The van der Waals surface area contributed by atoms with E-state index in [4.69, 9.17) is 27.9 Å². The van der Waals surface area contributed by atoms with E-state index in [2.05, 4.69) is 11.4 Å². The number of ether oxygens (including phenoxy) is 1. The largest absolute Gasteiger partial charge is 0.496 e. The van der Waals surface area contributed by atoms with Gasteiger partial charge in [-0.3, -0.25) is 0 Å². The van der Waals surface area contributed by atoms with Gasteiger partial charge in [-0.1, -0.05) is 35.3 Å². The minimum Gasteiger partial charge on any atom is -0.496 e. The van der Waals surface area contributed by atoms with Gasteiger partial charge >= 0.3 is 0 Å². The van der Waals surface area contributed by atoms with E-state index in [0.717, 1.165) is 28.4 Å². The molecule has 1 aliphatic heterocycles. The van der Waals surface area contributed by atoms with Crippen LogP contribution in [0.5, 0.6) is 5.75 Å². The van der Waals surface area contributed by atoms with E-state index in [1.165, 1.54) is 5.56 Å². The van der Waals surface area contributed by atoms with Gasteiger partial charge < -0.3 is 10.1 Å². The zero-order valence-corrected chi connectivity index (χ0v) is 11.9. The minimum atomic E-state index is 0.142. The molecule has 1 heterocycles. The van der Waals surface area contributed by atoms with E-state index in [9.17, 15) is 0 Å². The van der Waals surface area contributed by atoms with Crippen molar-refractivity contribution in [2.75, 3.05) is 12.4 Å². The normalized spacial score (nSPS) is 16.9. The number of anilines is 1. The van der Waals surface area contributed by atoms with E-state index < -0.39 is 0 Å². The summed E-state index contributed by atoms with van der Waals surface area (Å²) in [7, 11) is 1.67. The third-order valence-corrected chi connectivity index (χ3v) is 3.96. The standard InChI is InChI=1S/C15H13Cl2NO/c1-19-14-6-5-10(16)8-11(14)13-7-9-3-2-4-12(17)15(9)18-13/h2-6,8,13,18H,7H2,1H3. The number of hydrogen-bond donors (Lipinski definition) is 1. The molecule has 1 aliphatic rings. The first kappa shape index (κ1) is 12.6. The van der Waals surface area contributed by atoms with Gasteiger partial charge in [-0.05, 0) is 36.2 Å². The SMILES string of the molecule is COc1ccc(Cl)cc1C1Cc2cccc(Cl)c2N1. The number of para-hydroxylation sites is 1. The van der Waals surface area contributed by atoms with E-state index in [1.807, 2.05) is 30.3 Å². The average Bonchev–Trinajstić information content (AvgIpc) is 2.84. The van der Waals surface area contributed by atoms with Gasteiger partial charge in [0.05, 0.1) is 23.9 Å². The average molecular weight is 294 g/mol. The topological polar surface area (TPSA) is 21.3 Å². The van der Waals surface area contributed by atoms with Crippen LogP contribution in [0.2, 0.25) is 10.0 Å². The molecule has 0 aliphatic carbocycles. The highest BCUT2D eigenvalue weighted by Gasteiger charge is 2.26. The first-order valence-electron chi connectivity index (χ1n) is 6.06. The highest BCUT2D eigenvalue weighted by molar-refractivity contribution is 6.33. The Morgan fingerprint density at radius 2 is 2.05 bits per heavy atom. The van der Waals surface area contributed by atoms with Gasteiger partial charge in [-0.15, -0.1) is 0 Å². The van der Waals surface area contributed by atoms with Crippen molar-refractivity contribution in [1.82, 2.24) is 0 Å². The van der Waals surface area contributed by atoms with E-state index in [0.29, 0.717) is 5.02 Å². The number of fused-ring (bicyclic) bond motifs is 1. The minimum absolute atomic E-state index is 0.142. The molecule has 0 aromatic heterocycles. The molecule has 2 nitrogen and oxygen atoms in total. The van der Waals surface area contributed by atoms with Crippen LogP contribution in [0.4, 0.5) is 5.69 Å². The van der Waals surface area contributed by atoms with Crippen LogP contribution in [0, 0.1) is 0 Å². The van der Waals surface area contributed by atoms with Crippen LogP contribution in [-0.4, -0.2) is 7.11 Å². The third kappa shape index (κ3) is 2.26. The Bertz CT molecular complexity index is 628. The van der Waals surface area contributed by atoms with Crippen LogP contribution in [-0.2, 0) is 6.42 Å². The predicted molar refractivity (Wildman–Crippen MR) is 79.5 cm³/mol. The van der Waals surface area contributed by atoms with Gasteiger partial charge in [0, 0.05) is 10.6 Å². The number of rotatable bonds is 2. The smallest absolute Gasteiger partial charge is 0.124 e. The summed E-state index contributed by atoms with van der Waals surface area (Å²) in [5, 5.41) is 4.91. The maximum absolute atomic E-state index is 6.21. The molecule has 2 aromatic rings. The molecule has 0 amide bonds. The van der Waals surface area contributed by atoms with Gasteiger partial charge in [0.15, 0.2) is 0 Å². The van der Waals surface area contributed by atoms with Crippen molar-refractivity contribution in [1.29, 1.82) is 0 Å². The van der Waals surface area contributed by atoms with Crippen molar-refractivity contribution in [3.63, 3.8) is 0 Å². The molecule has 2 aromatic carbocycles. The molecule has 0 saturated heterocycles. The predicted octanol–water partition coefficient (Wildman–Crippen LogP) is 4.71. The Hall–Kier alpha value is -1.38. The van der Waals surface area contributed by atoms with Crippen LogP contribution < -0.4 is 10.1 Å². The van der Waals surface area contributed by atoms with Crippen LogP contribution >= 0.6 is 23.2 Å². The van der Waals surface area contributed by atoms with Crippen molar-refractivity contribution in [3.8, 4) is 5.75 Å². The lowest BCUT2D eigenvalue weighted by Crippen LogP contribution is -2.07. The second kappa shape index (κ2) is 4.95. The summed E-state index contributed by atoms with van der Waals surface area (Å²) < 4.78 is 5.41. The lowest BCUT2D eigenvalue weighted by molar-refractivity contribution is 0.407. The second-order valence-corrected chi connectivity index (χ2v) is 5.40. The summed E-state index contributed by atoms with van der Waals surface area (Å²) in [5.41, 5.74) is 3.29. The Morgan fingerprint density at radius 3 is 2.79 bits per heavy atom. The Balaban J connectivity index is 1.99. The Labute approximate surface area is 122 Å². The van der Waals surface area contributed by atoms with Crippen molar-refractivity contribution in [2.24, 2.45) is 0 Å². The Kier molecular flexibility index (Phi) is 3.29. The van der Waals surface area contributed by atoms with Crippen molar-refractivity contribution >= 4 is 28.9 Å². The molecule has 98 valence electrons. The maximum Gasteiger partial charge on any atom is 0.124 e. The van der Waals surface area contributed by atoms with Gasteiger partial charge in [-0.25, -0.2) is 0 Å². The second-order valence-electron chi connectivity index (χ2n) is 4.56. The quantitative estimate of drug-likeness (QED) is 0.866. The summed E-state index contributed by atoms with van der Waals surface area (Å²) in [6.07, 6.45) is 0.882. The fraction of sp³-hybridized carbons (Fsp3) is 0.200. The van der Waals surface area contributed by atoms with Crippen LogP contribution in [0.1, 0.15) is 17.2 Å². The van der Waals surface area contributed by atoms with Crippen LogP contribution in [0.25, 0.3) is 0 Å². The Morgan fingerprint density at radius 1 is 1.21 bits per heavy atom. The molecule has 0 saturated carbocycles. The molecule has 0 spiro atoms.